The molecule has 0 amide bonds. The molecule has 0 spiro atoms. The lowest BCUT2D eigenvalue weighted by Crippen LogP contribution is -2.18. The molecule has 4 rings (SSSR count). The summed E-state index contributed by atoms with van der Waals surface area (Å²) in [6, 6.07) is 18.6. The Labute approximate surface area is 200 Å². The first-order valence-electron chi connectivity index (χ1n) is 9.93. The number of nitrogens with zero attached hydrogens (tertiary/aromatic N) is 3. The van der Waals surface area contributed by atoms with Crippen LogP contribution in [-0.4, -0.2) is 38.3 Å². The minimum Gasteiger partial charge on any atom is -0.467 e. The molecule has 2 aromatic carbocycles. The van der Waals surface area contributed by atoms with E-state index >= 15 is 0 Å². The highest BCUT2D eigenvalue weighted by Gasteiger charge is 2.17. The first kappa shape index (κ1) is 22.9. The van der Waals surface area contributed by atoms with Crippen molar-refractivity contribution in [1.82, 2.24) is 14.8 Å². The summed E-state index contributed by atoms with van der Waals surface area (Å²) >= 11 is 13.3. The molecule has 32 heavy (non-hydrogen) atoms. The predicted molar refractivity (Wildman–Crippen MR) is 126 cm³/mol. The summed E-state index contributed by atoms with van der Waals surface area (Å²) in [7, 11) is 0. The summed E-state index contributed by atoms with van der Waals surface area (Å²) in [5.41, 5.74) is 1.90. The van der Waals surface area contributed by atoms with E-state index in [0.717, 1.165) is 16.9 Å². The zero-order chi connectivity index (χ0) is 22.3. The molecule has 4 aromatic rings. The monoisotopic (exact) mass is 489 g/mol. The van der Waals surface area contributed by atoms with Gasteiger partial charge >= 0.3 is 0 Å². The van der Waals surface area contributed by atoms with Crippen LogP contribution in [0.1, 0.15) is 11.3 Å². The van der Waals surface area contributed by atoms with Crippen molar-refractivity contribution in [2.75, 3.05) is 12.4 Å². The number of halogens is 2. The van der Waals surface area contributed by atoms with Crippen molar-refractivity contribution in [2.24, 2.45) is 0 Å². The van der Waals surface area contributed by atoms with Gasteiger partial charge in [-0.2, -0.15) is 0 Å². The molecular weight excluding hydrogens is 469 g/mol. The lowest BCUT2D eigenvalue weighted by atomic mass is 10.2. The molecule has 166 valence electrons. The van der Waals surface area contributed by atoms with Gasteiger partial charge in [0.05, 0.1) is 32.1 Å². The molecule has 0 aliphatic heterocycles. The van der Waals surface area contributed by atoms with Crippen molar-refractivity contribution >= 4 is 35.0 Å². The number of benzene rings is 2. The zero-order valence-electron chi connectivity index (χ0n) is 17.0. The lowest BCUT2D eigenvalue weighted by Gasteiger charge is -2.12. The Hall–Kier alpha value is -2.29. The normalized spacial score (nSPS) is 12.2. The van der Waals surface area contributed by atoms with Gasteiger partial charge in [-0.3, -0.25) is 4.57 Å². The number of furan rings is 1. The molecule has 0 aliphatic rings. The standard InChI is InChI=1S/C23H21Cl2N3O3S/c24-18-7-3-16(4-8-18)13-30-14-20(29)15-32-23-27-26-22(17-5-9-19(25)10-6-17)28(23)12-21-2-1-11-31-21/h1-11,20,29H,12-15H2/t20-/m0/s1. The van der Waals surface area contributed by atoms with Crippen molar-refractivity contribution in [3.05, 3.63) is 88.3 Å². The maximum absolute atomic E-state index is 10.4. The number of thioether (sulfide) groups is 1. The fourth-order valence-electron chi connectivity index (χ4n) is 3.02. The van der Waals surface area contributed by atoms with Gasteiger partial charge in [-0.05, 0) is 54.1 Å². The van der Waals surface area contributed by atoms with E-state index in [1.165, 1.54) is 11.8 Å². The van der Waals surface area contributed by atoms with E-state index < -0.39 is 6.10 Å². The van der Waals surface area contributed by atoms with Gasteiger partial charge in [-0.25, -0.2) is 0 Å². The lowest BCUT2D eigenvalue weighted by molar-refractivity contribution is 0.0397. The molecule has 6 nitrogen and oxygen atoms in total. The topological polar surface area (TPSA) is 73.3 Å². The van der Waals surface area contributed by atoms with E-state index in [-0.39, 0.29) is 6.61 Å². The number of aromatic nitrogens is 3. The van der Waals surface area contributed by atoms with Crippen molar-refractivity contribution in [3.63, 3.8) is 0 Å². The molecule has 0 aliphatic carbocycles. The van der Waals surface area contributed by atoms with Gasteiger partial charge in [0.25, 0.3) is 0 Å². The Kier molecular flexibility index (Phi) is 7.89. The van der Waals surface area contributed by atoms with Crippen LogP contribution in [0.5, 0.6) is 0 Å². The van der Waals surface area contributed by atoms with E-state index in [2.05, 4.69) is 10.2 Å². The summed E-state index contributed by atoms with van der Waals surface area (Å²) in [6.45, 7) is 1.10. The molecular formula is C23H21Cl2N3O3S. The van der Waals surface area contributed by atoms with E-state index in [9.17, 15) is 5.11 Å². The second-order valence-electron chi connectivity index (χ2n) is 7.09. The molecule has 1 N–H and O–H groups in total. The van der Waals surface area contributed by atoms with E-state index in [4.69, 9.17) is 32.4 Å². The SMILES string of the molecule is O[C@@H](COCc1ccc(Cl)cc1)CSc1nnc(-c2ccc(Cl)cc2)n1Cc1ccco1. The Morgan fingerprint density at radius 2 is 1.72 bits per heavy atom. The largest absolute Gasteiger partial charge is 0.467 e. The second-order valence-corrected chi connectivity index (χ2v) is 8.95. The molecule has 2 heterocycles. The van der Waals surface area contributed by atoms with Crippen LogP contribution in [-0.2, 0) is 17.9 Å². The number of ether oxygens (including phenoxy) is 1. The maximum atomic E-state index is 10.4. The third kappa shape index (κ3) is 6.15. The van der Waals surface area contributed by atoms with Crippen LogP contribution in [0.2, 0.25) is 10.0 Å². The van der Waals surface area contributed by atoms with E-state index in [0.29, 0.717) is 39.9 Å². The highest BCUT2D eigenvalue weighted by atomic mass is 35.5. The third-order valence-electron chi connectivity index (χ3n) is 4.61. The Bertz CT molecular complexity index is 1120. The summed E-state index contributed by atoms with van der Waals surface area (Å²) in [5, 5.41) is 21.1. The molecule has 0 unspecified atom stereocenters. The highest BCUT2D eigenvalue weighted by Crippen LogP contribution is 2.27. The highest BCUT2D eigenvalue weighted by molar-refractivity contribution is 7.99. The summed E-state index contributed by atoms with van der Waals surface area (Å²) in [5.74, 6) is 1.90. The van der Waals surface area contributed by atoms with Crippen LogP contribution in [0.4, 0.5) is 0 Å². The predicted octanol–water partition coefficient (Wildman–Crippen LogP) is 5.56. The van der Waals surface area contributed by atoms with Crippen LogP contribution >= 0.6 is 35.0 Å². The minimum absolute atomic E-state index is 0.214. The Balaban J connectivity index is 1.39. The van der Waals surface area contributed by atoms with Crippen LogP contribution in [0.15, 0.2) is 76.5 Å². The average molecular weight is 490 g/mol. The third-order valence-corrected chi connectivity index (χ3v) is 6.23. The van der Waals surface area contributed by atoms with Crippen LogP contribution in [0.3, 0.4) is 0 Å². The van der Waals surface area contributed by atoms with Gasteiger partial charge in [-0.1, -0.05) is 47.1 Å². The van der Waals surface area contributed by atoms with Gasteiger partial charge in [0.2, 0.25) is 0 Å². The molecule has 2 aromatic heterocycles. The van der Waals surface area contributed by atoms with Crippen molar-refractivity contribution < 1.29 is 14.3 Å². The molecule has 0 saturated heterocycles. The molecule has 0 bridgehead atoms. The summed E-state index contributed by atoms with van der Waals surface area (Å²) in [6.07, 6.45) is 0.982. The zero-order valence-corrected chi connectivity index (χ0v) is 19.4. The maximum Gasteiger partial charge on any atom is 0.192 e. The fraction of sp³-hybridized carbons (Fsp3) is 0.217. The number of aliphatic hydroxyl groups is 1. The first-order valence-corrected chi connectivity index (χ1v) is 11.7. The fourth-order valence-corrected chi connectivity index (χ4v) is 4.12. The van der Waals surface area contributed by atoms with E-state index in [1.807, 2.05) is 65.2 Å². The summed E-state index contributed by atoms with van der Waals surface area (Å²) in [4.78, 5) is 0. The van der Waals surface area contributed by atoms with Crippen LogP contribution in [0.25, 0.3) is 11.4 Å². The Morgan fingerprint density at radius 1 is 1.00 bits per heavy atom. The molecule has 0 saturated carbocycles. The quantitative estimate of drug-likeness (QED) is 0.294. The van der Waals surface area contributed by atoms with Gasteiger partial charge in [-0.15, -0.1) is 10.2 Å². The van der Waals surface area contributed by atoms with Gasteiger partial charge in [0.1, 0.15) is 5.76 Å². The second kappa shape index (κ2) is 11.0. The van der Waals surface area contributed by atoms with Gasteiger partial charge in [0.15, 0.2) is 11.0 Å². The van der Waals surface area contributed by atoms with Gasteiger partial charge in [0, 0.05) is 21.4 Å². The summed E-state index contributed by atoms with van der Waals surface area (Å²) < 4.78 is 13.1. The van der Waals surface area contributed by atoms with Gasteiger partial charge < -0.3 is 14.3 Å². The number of rotatable bonds is 10. The molecule has 0 fully saturated rings. The van der Waals surface area contributed by atoms with Crippen molar-refractivity contribution in [3.8, 4) is 11.4 Å². The number of aliphatic hydroxyl groups excluding tert-OH is 1. The minimum atomic E-state index is -0.653. The number of hydrogen-bond donors (Lipinski definition) is 1. The van der Waals surface area contributed by atoms with Crippen molar-refractivity contribution in [1.29, 1.82) is 0 Å². The first-order chi connectivity index (χ1) is 15.6. The number of hydrogen-bond acceptors (Lipinski definition) is 6. The smallest absolute Gasteiger partial charge is 0.192 e. The molecule has 0 radical (unpaired) electrons. The van der Waals surface area contributed by atoms with E-state index in [1.54, 1.807) is 6.26 Å². The average Bonchev–Trinajstić information content (AvgIpc) is 3.45. The Morgan fingerprint density at radius 3 is 2.41 bits per heavy atom. The van der Waals surface area contributed by atoms with Crippen LogP contribution in [0, 0.1) is 0 Å². The van der Waals surface area contributed by atoms with Crippen LogP contribution < -0.4 is 0 Å². The molecule has 1 atom stereocenters. The molecule has 9 heteroatoms. The van der Waals surface area contributed by atoms with Crippen molar-refractivity contribution in [2.45, 2.75) is 24.4 Å².